The predicted molar refractivity (Wildman–Crippen MR) is 261 cm³/mol. The molecule has 5 aromatic carbocycles. The third-order valence-electron chi connectivity index (χ3n) is 13.2. The summed E-state index contributed by atoms with van der Waals surface area (Å²) in [4.78, 5) is 2.63. The lowest BCUT2D eigenvalue weighted by Gasteiger charge is -2.42. The molecule has 0 N–H and O–H groups in total. The summed E-state index contributed by atoms with van der Waals surface area (Å²) >= 11 is 6.61. The largest absolute Gasteiger partial charge is 0.0895 e. The van der Waals surface area contributed by atoms with Crippen LogP contribution < -0.4 is 0 Å². The monoisotopic (exact) mass is 802 g/mol. The lowest BCUT2D eigenvalue weighted by molar-refractivity contribution is 0.332. The van der Waals surface area contributed by atoms with Crippen LogP contribution in [0.1, 0.15) is 162 Å². The fourth-order valence-electron chi connectivity index (χ4n) is 8.85. The van der Waals surface area contributed by atoms with Crippen LogP contribution in [0.3, 0.4) is 0 Å². The molecule has 58 heavy (non-hydrogen) atoms. The maximum atomic E-state index is 4.74. The van der Waals surface area contributed by atoms with Gasteiger partial charge in [-0.3, -0.25) is 0 Å². The Morgan fingerprint density at radius 1 is 0.466 bits per heavy atom. The first-order chi connectivity index (χ1) is 27.2. The van der Waals surface area contributed by atoms with Crippen molar-refractivity contribution in [2.45, 2.75) is 147 Å². The van der Waals surface area contributed by atoms with Gasteiger partial charge in [0.25, 0.3) is 0 Å². The highest BCUT2D eigenvalue weighted by Gasteiger charge is 2.38. The smallest absolute Gasteiger partial charge is 0.0152 e. The molecule has 0 radical (unpaired) electrons. The van der Waals surface area contributed by atoms with Crippen LogP contribution in [0.4, 0.5) is 0 Å². The van der Waals surface area contributed by atoms with Crippen LogP contribution in [0.5, 0.6) is 0 Å². The van der Waals surface area contributed by atoms with Crippen LogP contribution in [0.2, 0.25) is 0 Å². The second kappa shape index (κ2) is 16.9. The van der Waals surface area contributed by atoms with E-state index in [1.807, 2.05) is 23.9 Å². The van der Waals surface area contributed by atoms with Crippen molar-refractivity contribution in [1.82, 2.24) is 0 Å². The van der Waals surface area contributed by atoms with E-state index in [9.17, 15) is 0 Å². The molecule has 0 nitrogen and oxygen atoms in total. The van der Waals surface area contributed by atoms with Crippen LogP contribution in [0.25, 0.3) is 23.3 Å². The second-order valence-corrected chi connectivity index (χ2v) is 21.2. The second-order valence-electron chi connectivity index (χ2n) is 19.9. The molecule has 302 valence electrons. The summed E-state index contributed by atoms with van der Waals surface area (Å²) in [5.41, 5.74) is 19.9. The average molecular weight is 803 g/mol. The summed E-state index contributed by atoms with van der Waals surface area (Å²) in [6.07, 6.45) is 9.67. The van der Waals surface area contributed by atoms with E-state index in [-0.39, 0.29) is 21.7 Å². The van der Waals surface area contributed by atoms with E-state index in [0.29, 0.717) is 0 Å². The standard InChI is InChI=1S/C48H58S.C8H8S/c1-31(37-15-17-39-41(29-37)47(9,10)23-21-45(39,5)6)25-35-13-19-43(33(3)27-35)49-44-20-14-36(28-34(44)4)26-32(2)38-16-18-40-42(30-38)48(11,12)24-22-46(40,7)8;1-7-2-4-8(6-9)5-3-7/h13-20,25-30H,21-24H2,1-12H3;2-6H,1H3. The van der Waals surface area contributed by atoms with Gasteiger partial charge in [-0.25, -0.2) is 0 Å². The van der Waals surface area contributed by atoms with Gasteiger partial charge in [0.05, 0.1) is 0 Å². The van der Waals surface area contributed by atoms with Crippen molar-refractivity contribution in [3.05, 3.63) is 164 Å². The van der Waals surface area contributed by atoms with Crippen LogP contribution in [0, 0.1) is 20.8 Å². The third kappa shape index (κ3) is 9.72. The fourth-order valence-corrected chi connectivity index (χ4v) is 9.96. The molecular formula is C56H66S2. The lowest BCUT2D eigenvalue weighted by atomic mass is 9.63. The molecule has 7 rings (SSSR count). The normalized spacial score (nSPS) is 17.7. The number of hydrogen-bond acceptors (Lipinski definition) is 2. The average Bonchev–Trinajstić information content (AvgIpc) is 3.17. The van der Waals surface area contributed by atoms with Gasteiger partial charge in [0.1, 0.15) is 0 Å². The van der Waals surface area contributed by atoms with Crippen LogP contribution in [-0.4, -0.2) is 5.37 Å². The van der Waals surface area contributed by atoms with E-state index in [2.05, 4.69) is 187 Å². The van der Waals surface area contributed by atoms with Gasteiger partial charge in [0.15, 0.2) is 0 Å². The SMILES string of the molecule is CC(=Cc1ccc(Sc2ccc(C=C(C)c3ccc4c(c3)C(C)(C)CCC4(C)C)cc2C)c(C)c1)c1ccc2c(c1)C(C)(C)CCC2(C)C.Cc1ccc(C=S)cc1. The molecule has 0 amide bonds. The molecule has 0 fully saturated rings. The molecule has 0 unspecified atom stereocenters. The first kappa shape index (κ1) is 43.6. The minimum absolute atomic E-state index is 0.221. The first-order valence-corrected chi connectivity index (χ1v) is 22.6. The maximum absolute atomic E-state index is 4.74. The third-order valence-corrected chi connectivity index (χ3v) is 14.8. The molecule has 0 heterocycles. The highest BCUT2D eigenvalue weighted by molar-refractivity contribution is 7.99. The van der Waals surface area contributed by atoms with E-state index >= 15 is 0 Å². The Morgan fingerprint density at radius 2 is 0.828 bits per heavy atom. The van der Waals surface area contributed by atoms with Crippen molar-refractivity contribution in [1.29, 1.82) is 0 Å². The molecule has 0 atom stereocenters. The highest BCUT2D eigenvalue weighted by Crippen LogP contribution is 2.48. The fraction of sp³-hybridized carbons (Fsp3) is 0.375. The van der Waals surface area contributed by atoms with E-state index in [1.165, 1.54) is 108 Å². The summed E-state index contributed by atoms with van der Waals surface area (Å²) < 4.78 is 0. The summed E-state index contributed by atoms with van der Waals surface area (Å²) in [6.45, 7) is 30.3. The Hall–Kier alpha value is -3.98. The van der Waals surface area contributed by atoms with Crippen molar-refractivity contribution in [2.75, 3.05) is 0 Å². The number of fused-ring (bicyclic) bond motifs is 2. The number of rotatable bonds is 7. The van der Waals surface area contributed by atoms with Crippen molar-refractivity contribution < 1.29 is 0 Å². The number of thiocarbonyl (C=S) groups is 1. The lowest BCUT2D eigenvalue weighted by Crippen LogP contribution is -2.33. The molecule has 2 aliphatic rings. The van der Waals surface area contributed by atoms with Crippen molar-refractivity contribution in [2.24, 2.45) is 0 Å². The van der Waals surface area contributed by atoms with Crippen molar-refractivity contribution >= 4 is 52.6 Å². The quantitative estimate of drug-likeness (QED) is 0.119. The van der Waals surface area contributed by atoms with Gasteiger partial charge in [-0.15, -0.1) is 0 Å². The van der Waals surface area contributed by atoms with Crippen LogP contribution >= 0.6 is 24.0 Å². The Bertz CT molecular complexity index is 2230. The van der Waals surface area contributed by atoms with E-state index in [1.54, 1.807) is 5.37 Å². The maximum Gasteiger partial charge on any atom is 0.0152 e. The van der Waals surface area contributed by atoms with Crippen molar-refractivity contribution in [3.8, 4) is 0 Å². The molecule has 0 saturated carbocycles. The predicted octanol–water partition coefficient (Wildman–Crippen LogP) is 16.6. The molecule has 2 heteroatoms. The number of allylic oxidation sites excluding steroid dienone is 2. The summed E-state index contributed by atoms with van der Waals surface area (Å²) in [5.74, 6) is 0. The van der Waals surface area contributed by atoms with Gasteiger partial charge in [-0.2, -0.15) is 0 Å². The Labute approximate surface area is 361 Å². The topological polar surface area (TPSA) is 0 Å². The van der Waals surface area contributed by atoms with E-state index < -0.39 is 0 Å². The first-order valence-electron chi connectivity index (χ1n) is 21.3. The Morgan fingerprint density at radius 3 is 1.19 bits per heavy atom. The summed E-state index contributed by atoms with van der Waals surface area (Å²) in [7, 11) is 0. The zero-order valence-electron chi connectivity index (χ0n) is 37.6. The minimum Gasteiger partial charge on any atom is -0.0895 e. The zero-order chi connectivity index (χ0) is 42.2. The Balaban J connectivity index is 0.000000557. The van der Waals surface area contributed by atoms with E-state index in [4.69, 9.17) is 12.2 Å². The van der Waals surface area contributed by atoms with Crippen LogP contribution in [-0.2, 0) is 21.7 Å². The van der Waals surface area contributed by atoms with Gasteiger partial charge in [-0.05, 0) is 166 Å². The van der Waals surface area contributed by atoms with Gasteiger partial charge in [0, 0.05) is 15.2 Å². The molecule has 0 spiro atoms. The van der Waals surface area contributed by atoms with Gasteiger partial charge >= 0.3 is 0 Å². The molecular weight excluding hydrogens is 737 g/mol. The molecule has 0 bridgehead atoms. The van der Waals surface area contributed by atoms with Gasteiger partial charge < -0.3 is 0 Å². The van der Waals surface area contributed by atoms with Crippen molar-refractivity contribution in [3.63, 3.8) is 0 Å². The molecule has 0 saturated heterocycles. The number of benzene rings is 5. The minimum atomic E-state index is 0.221. The van der Waals surface area contributed by atoms with Crippen LogP contribution in [0.15, 0.2) is 107 Å². The number of aryl methyl sites for hydroxylation is 3. The highest BCUT2D eigenvalue weighted by atomic mass is 32.2. The molecule has 0 aromatic heterocycles. The Kier molecular flexibility index (Phi) is 12.7. The molecule has 5 aromatic rings. The zero-order valence-corrected chi connectivity index (χ0v) is 39.2. The molecule has 2 aliphatic carbocycles. The summed E-state index contributed by atoms with van der Waals surface area (Å²) in [5, 5.41) is 1.68. The van der Waals surface area contributed by atoms with Gasteiger partial charge in [-0.1, -0.05) is 182 Å². The molecule has 0 aliphatic heterocycles. The summed E-state index contributed by atoms with van der Waals surface area (Å²) in [6, 6.07) is 36.4. The van der Waals surface area contributed by atoms with E-state index in [0.717, 1.165) is 5.56 Å². The van der Waals surface area contributed by atoms with Gasteiger partial charge in [0.2, 0.25) is 0 Å². The number of hydrogen-bond donors (Lipinski definition) is 0.